The fourth-order valence-electron chi connectivity index (χ4n) is 2.07. The molecule has 1 heterocycles. The van der Waals surface area contributed by atoms with Crippen LogP contribution in [0.3, 0.4) is 0 Å². The van der Waals surface area contributed by atoms with Gasteiger partial charge >= 0.3 is 5.97 Å². The number of nitrogens with zero attached hydrogens (tertiary/aromatic N) is 1. The smallest absolute Gasteiger partial charge is 0.363 e. The number of benzene rings is 2. The molecule has 2 aromatic carbocycles. The van der Waals surface area contributed by atoms with Crippen molar-refractivity contribution in [2.45, 2.75) is 0 Å². The van der Waals surface area contributed by atoms with Crippen molar-refractivity contribution in [1.29, 1.82) is 0 Å². The summed E-state index contributed by atoms with van der Waals surface area (Å²) in [7, 11) is 1.53. The SMILES string of the molecule is COc1ccc(C2=NC(=Cc3cccc(F)c3)C(=O)O2)c(Cl)c1. The first kappa shape index (κ1) is 15.2. The fourth-order valence-corrected chi connectivity index (χ4v) is 2.33. The van der Waals surface area contributed by atoms with Crippen LogP contribution < -0.4 is 4.74 Å². The quantitative estimate of drug-likeness (QED) is 0.634. The number of esters is 1. The average Bonchev–Trinajstić information content (AvgIpc) is 2.88. The average molecular weight is 332 g/mol. The maximum atomic E-state index is 13.2. The van der Waals surface area contributed by atoms with Gasteiger partial charge in [0.05, 0.1) is 17.7 Å². The summed E-state index contributed by atoms with van der Waals surface area (Å²) in [5.74, 6) is -0.325. The van der Waals surface area contributed by atoms with E-state index >= 15 is 0 Å². The van der Waals surface area contributed by atoms with Crippen LogP contribution in [0.5, 0.6) is 5.75 Å². The third-order valence-corrected chi connectivity index (χ3v) is 3.49. The van der Waals surface area contributed by atoms with Crippen molar-refractivity contribution in [2.75, 3.05) is 7.11 Å². The van der Waals surface area contributed by atoms with Crippen molar-refractivity contribution >= 4 is 29.5 Å². The normalized spacial score (nSPS) is 15.5. The number of rotatable bonds is 3. The first-order valence-corrected chi connectivity index (χ1v) is 7.06. The number of methoxy groups -OCH3 is 1. The van der Waals surface area contributed by atoms with E-state index in [0.29, 0.717) is 21.9 Å². The van der Waals surface area contributed by atoms with E-state index < -0.39 is 11.8 Å². The summed E-state index contributed by atoms with van der Waals surface area (Å²) in [4.78, 5) is 16.1. The zero-order valence-electron chi connectivity index (χ0n) is 12.0. The molecule has 0 N–H and O–H groups in total. The molecule has 0 fully saturated rings. The molecule has 0 saturated heterocycles. The summed E-state index contributed by atoms with van der Waals surface area (Å²) in [6, 6.07) is 10.8. The predicted molar refractivity (Wildman–Crippen MR) is 85.0 cm³/mol. The Morgan fingerprint density at radius 1 is 1.26 bits per heavy atom. The van der Waals surface area contributed by atoms with Crippen LogP contribution in [0.2, 0.25) is 5.02 Å². The highest BCUT2D eigenvalue weighted by Crippen LogP contribution is 2.27. The van der Waals surface area contributed by atoms with Gasteiger partial charge in [0.2, 0.25) is 5.90 Å². The number of halogens is 2. The van der Waals surface area contributed by atoms with E-state index in [0.717, 1.165) is 0 Å². The molecule has 1 aliphatic rings. The van der Waals surface area contributed by atoms with Crippen LogP contribution in [0.15, 0.2) is 53.2 Å². The van der Waals surface area contributed by atoms with Gasteiger partial charge in [0, 0.05) is 0 Å². The van der Waals surface area contributed by atoms with Gasteiger partial charge in [-0.05, 0) is 42.0 Å². The third kappa shape index (κ3) is 3.24. The van der Waals surface area contributed by atoms with Gasteiger partial charge < -0.3 is 9.47 Å². The summed E-state index contributed by atoms with van der Waals surface area (Å²) >= 11 is 6.14. The molecule has 23 heavy (non-hydrogen) atoms. The predicted octanol–water partition coefficient (Wildman–Crippen LogP) is 3.83. The highest BCUT2D eigenvalue weighted by molar-refractivity contribution is 6.34. The molecule has 0 amide bonds. The van der Waals surface area contributed by atoms with E-state index in [2.05, 4.69) is 4.99 Å². The number of aliphatic imine (C=N–C) groups is 1. The maximum Gasteiger partial charge on any atom is 0.363 e. The molecule has 3 rings (SSSR count). The Kier molecular flexibility index (Phi) is 4.12. The summed E-state index contributed by atoms with van der Waals surface area (Å²) in [6.07, 6.45) is 1.45. The van der Waals surface area contributed by atoms with Crippen LogP contribution >= 0.6 is 11.6 Å². The minimum atomic E-state index is -0.615. The van der Waals surface area contributed by atoms with Gasteiger partial charge in [0.15, 0.2) is 5.70 Å². The Bertz CT molecular complexity index is 845. The number of carbonyl (C=O) groups excluding carboxylic acids is 1. The molecule has 0 aliphatic carbocycles. The molecule has 2 aromatic rings. The molecule has 1 aliphatic heterocycles. The van der Waals surface area contributed by atoms with E-state index in [9.17, 15) is 9.18 Å². The number of ether oxygens (including phenoxy) is 2. The Labute approximate surface area is 136 Å². The highest BCUT2D eigenvalue weighted by Gasteiger charge is 2.25. The fraction of sp³-hybridized carbons (Fsp3) is 0.0588. The van der Waals surface area contributed by atoms with Crippen molar-refractivity contribution in [2.24, 2.45) is 4.99 Å². The second kappa shape index (κ2) is 6.22. The molecule has 6 heteroatoms. The number of cyclic esters (lactones) is 1. The van der Waals surface area contributed by atoms with Gasteiger partial charge in [0.25, 0.3) is 0 Å². The van der Waals surface area contributed by atoms with Crippen LogP contribution in [0.25, 0.3) is 6.08 Å². The first-order valence-electron chi connectivity index (χ1n) is 6.69. The summed E-state index contributed by atoms with van der Waals surface area (Å²) in [5.41, 5.74) is 1.07. The van der Waals surface area contributed by atoms with Crippen LogP contribution in [0, 0.1) is 5.82 Å². The topological polar surface area (TPSA) is 47.9 Å². The zero-order valence-corrected chi connectivity index (χ0v) is 12.8. The van der Waals surface area contributed by atoms with Gasteiger partial charge in [-0.15, -0.1) is 0 Å². The molecule has 0 atom stereocenters. The van der Waals surface area contributed by atoms with E-state index in [4.69, 9.17) is 21.1 Å². The van der Waals surface area contributed by atoms with Crippen molar-refractivity contribution in [3.8, 4) is 5.75 Å². The van der Waals surface area contributed by atoms with Crippen LogP contribution in [0.1, 0.15) is 11.1 Å². The highest BCUT2D eigenvalue weighted by atomic mass is 35.5. The minimum Gasteiger partial charge on any atom is -0.497 e. The van der Waals surface area contributed by atoms with Crippen molar-refractivity contribution < 1.29 is 18.7 Å². The van der Waals surface area contributed by atoms with Gasteiger partial charge in [-0.25, -0.2) is 14.2 Å². The monoisotopic (exact) mass is 331 g/mol. The van der Waals surface area contributed by atoms with E-state index in [1.807, 2.05) is 0 Å². The molecule has 0 unspecified atom stereocenters. The summed E-state index contributed by atoms with van der Waals surface area (Å²) in [5, 5.41) is 0.350. The zero-order chi connectivity index (χ0) is 16.4. The van der Waals surface area contributed by atoms with Crippen LogP contribution in [-0.4, -0.2) is 19.0 Å². The van der Waals surface area contributed by atoms with Gasteiger partial charge in [0.1, 0.15) is 11.6 Å². The largest absolute Gasteiger partial charge is 0.497 e. The Balaban J connectivity index is 1.95. The molecular weight excluding hydrogens is 321 g/mol. The molecule has 4 nitrogen and oxygen atoms in total. The van der Waals surface area contributed by atoms with Crippen LogP contribution in [-0.2, 0) is 9.53 Å². The van der Waals surface area contributed by atoms with E-state index in [-0.39, 0.29) is 11.6 Å². The molecule has 116 valence electrons. The standard InChI is InChI=1S/C17H11ClFNO3/c1-22-12-5-6-13(14(18)9-12)16-20-15(17(21)23-16)8-10-3-2-4-11(19)7-10/h2-9H,1H3. The van der Waals surface area contributed by atoms with Crippen LogP contribution in [0.4, 0.5) is 4.39 Å². The van der Waals surface area contributed by atoms with Crippen molar-refractivity contribution in [1.82, 2.24) is 0 Å². The van der Waals surface area contributed by atoms with Crippen molar-refractivity contribution in [3.05, 3.63) is 70.1 Å². The Hall–Kier alpha value is -2.66. The van der Waals surface area contributed by atoms with Gasteiger partial charge in [-0.1, -0.05) is 23.7 Å². The van der Waals surface area contributed by atoms with Gasteiger partial charge in [-0.2, -0.15) is 0 Å². The first-order chi connectivity index (χ1) is 11.1. The molecule has 0 spiro atoms. The molecule has 0 aromatic heterocycles. The second-order valence-corrected chi connectivity index (χ2v) is 5.14. The lowest BCUT2D eigenvalue weighted by Crippen LogP contribution is -2.06. The molecule has 0 radical (unpaired) electrons. The number of hydrogen-bond donors (Lipinski definition) is 0. The lowest BCUT2D eigenvalue weighted by atomic mass is 10.2. The Morgan fingerprint density at radius 2 is 2.09 bits per heavy atom. The van der Waals surface area contributed by atoms with Gasteiger partial charge in [-0.3, -0.25) is 0 Å². The maximum absolute atomic E-state index is 13.2. The molecule has 0 bridgehead atoms. The molecular formula is C17H11ClFNO3. The van der Waals surface area contributed by atoms with E-state index in [1.165, 1.54) is 25.3 Å². The Morgan fingerprint density at radius 3 is 2.78 bits per heavy atom. The summed E-state index contributed by atoms with van der Waals surface area (Å²) < 4.78 is 23.4. The molecule has 0 saturated carbocycles. The number of carbonyl (C=O) groups is 1. The lowest BCUT2D eigenvalue weighted by molar-refractivity contribution is -0.129. The van der Waals surface area contributed by atoms with E-state index in [1.54, 1.807) is 30.3 Å². The number of hydrogen-bond acceptors (Lipinski definition) is 4. The summed E-state index contributed by atoms with van der Waals surface area (Å²) in [6.45, 7) is 0. The third-order valence-electron chi connectivity index (χ3n) is 3.18. The lowest BCUT2D eigenvalue weighted by Gasteiger charge is -2.05. The minimum absolute atomic E-state index is 0.0810. The van der Waals surface area contributed by atoms with Crippen molar-refractivity contribution in [3.63, 3.8) is 0 Å². The second-order valence-electron chi connectivity index (χ2n) is 4.74.